The Morgan fingerprint density at radius 3 is 2.80 bits per heavy atom. The fraction of sp³-hybridized carbons (Fsp3) is 0.500. The molecule has 0 unspecified atom stereocenters. The molecule has 1 aromatic heterocycles. The van der Waals surface area contributed by atoms with Crippen LogP contribution in [-0.2, 0) is 15.9 Å². The Balaban J connectivity index is 1.74. The number of hydrogen-bond donors (Lipinski definition) is 0. The third kappa shape index (κ3) is 4.62. The molecule has 0 saturated carbocycles. The van der Waals surface area contributed by atoms with Crippen LogP contribution in [0.2, 0.25) is 0 Å². The molecule has 2 heterocycles. The standard InChI is InChI=1S/C14H19N3O3/c1-12(17-7-10-19-11-8-17)16-14(18)20-9-4-13-2-5-15-6-3-13/h2-3,5-6H,4,7-11H2,1H3. The van der Waals surface area contributed by atoms with Crippen LogP contribution >= 0.6 is 0 Å². The second-order valence-electron chi connectivity index (χ2n) is 4.48. The number of aliphatic imine (C=N–C) groups is 1. The number of amides is 1. The molecule has 0 aliphatic carbocycles. The Labute approximate surface area is 118 Å². The smallest absolute Gasteiger partial charge is 0.435 e. The van der Waals surface area contributed by atoms with Gasteiger partial charge in [0.2, 0.25) is 0 Å². The molecule has 1 fully saturated rings. The summed E-state index contributed by atoms with van der Waals surface area (Å²) < 4.78 is 10.4. The fourth-order valence-electron chi connectivity index (χ4n) is 1.93. The van der Waals surface area contributed by atoms with Crippen LogP contribution in [0.3, 0.4) is 0 Å². The number of pyridine rings is 1. The minimum Gasteiger partial charge on any atom is -0.448 e. The van der Waals surface area contributed by atoms with E-state index in [-0.39, 0.29) is 0 Å². The van der Waals surface area contributed by atoms with Crippen LogP contribution in [-0.4, -0.2) is 54.7 Å². The molecular weight excluding hydrogens is 258 g/mol. The first-order chi connectivity index (χ1) is 9.75. The molecule has 0 radical (unpaired) electrons. The lowest BCUT2D eigenvalue weighted by Crippen LogP contribution is -2.39. The van der Waals surface area contributed by atoms with Crippen molar-refractivity contribution in [2.24, 2.45) is 4.99 Å². The van der Waals surface area contributed by atoms with Gasteiger partial charge in [-0.2, -0.15) is 4.99 Å². The van der Waals surface area contributed by atoms with Gasteiger partial charge in [-0.3, -0.25) is 4.98 Å². The van der Waals surface area contributed by atoms with E-state index < -0.39 is 6.09 Å². The molecule has 1 amide bonds. The molecule has 0 spiro atoms. The Morgan fingerprint density at radius 2 is 2.10 bits per heavy atom. The first kappa shape index (κ1) is 14.5. The molecule has 6 heteroatoms. The van der Waals surface area contributed by atoms with E-state index in [1.807, 2.05) is 24.0 Å². The maximum absolute atomic E-state index is 11.6. The van der Waals surface area contributed by atoms with Gasteiger partial charge in [-0.05, 0) is 24.6 Å². The fourth-order valence-corrected chi connectivity index (χ4v) is 1.93. The third-order valence-corrected chi connectivity index (χ3v) is 3.09. The highest BCUT2D eigenvalue weighted by atomic mass is 16.5. The van der Waals surface area contributed by atoms with E-state index in [0.717, 1.165) is 18.7 Å². The lowest BCUT2D eigenvalue weighted by molar-refractivity contribution is 0.0675. The quantitative estimate of drug-likeness (QED) is 0.619. The molecule has 0 bridgehead atoms. The number of aromatic nitrogens is 1. The molecule has 0 atom stereocenters. The number of rotatable bonds is 3. The van der Waals surface area contributed by atoms with Crippen molar-refractivity contribution in [1.29, 1.82) is 0 Å². The van der Waals surface area contributed by atoms with Crippen LogP contribution in [0.1, 0.15) is 12.5 Å². The Bertz CT molecular complexity index is 456. The van der Waals surface area contributed by atoms with Gasteiger partial charge in [0, 0.05) is 31.9 Å². The number of nitrogens with zero attached hydrogens (tertiary/aromatic N) is 3. The van der Waals surface area contributed by atoms with E-state index in [9.17, 15) is 4.79 Å². The van der Waals surface area contributed by atoms with Crippen LogP contribution in [0, 0.1) is 0 Å². The minimum absolute atomic E-state index is 0.322. The molecule has 1 aliphatic heterocycles. The Hall–Kier alpha value is -1.95. The molecule has 6 nitrogen and oxygen atoms in total. The van der Waals surface area contributed by atoms with Gasteiger partial charge in [-0.25, -0.2) is 4.79 Å². The van der Waals surface area contributed by atoms with Crippen LogP contribution in [0.25, 0.3) is 0 Å². The van der Waals surface area contributed by atoms with Gasteiger partial charge in [0.15, 0.2) is 0 Å². The van der Waals surface area contributed by atoms with Crippen molar-refractivity contribution in [2.75, 3.05) is 32.9 Å². The summed E-state index contributed by atoms with van der Waals surface area (Å²) >= 11 is 0. The number of hydrogen-bond acceptors (Lipinski definition) is 4. The minimum atomic E-state index is -0.539. The van der Waals surface area contributed by atoms with Gasteiger partial charge in [-0.15, -0.1) is 0 Å². The second-order valence-corrected chi connectivity index (χ2v) is 4.48. The average Bonchev–Trinajstić information content (AvgIpc) is 2.49. The van der Waals surface area contributed by atoms with E-state index >= 15 is 0 Å². The summed E-state index contributed by atoms with van der Waals surface area (Å²) in [5.41, 5.74) is 1.08. The van der Waals surface area contributed by atoms with Gasteiger partial charge in [0.05, 0.1) is 19.8 Å². The summed E-state index contributed by atoms with van der Waals surface area (Å²) in [6, 6.07) is 3.80. The van der Waals surface area contributed by atoms with E-state index in [1.54, 1.807) is 12.4 Å². The predicted octanol–water partition coefficient (Wildman–Crippen LogP) is 1.51. The van der Waals surface area contributed by atoms with Crippen LogP contribution in [0.4, 0.5) is 4.79 Å². The van der Waals surface area contributed by atoms with Crippen LogP contribution in [0.15, 0.2) is 29.5 Å². The van der Waals surface area contributed by atoms with Gasteiger partial charge < -0.3 is 14.4 Å². The number of amidine groups is 1. The van der Waals surface area contributed by atoms with E-state index in [4.69, 9.17) is 9.47 Å². The molecule has 0 N–H and O–H groups in total. The highest BCUT2D eigenvalue weighted by Crippen LogP contribution is 2.01. The number of carbonyl (C=O) groups excluding carboxylic acids is 1. The molecule has 20 heavy (non-hydrogen) atoms. The summed E-state index contributed by atoms with van der Waals surface area (Å²) in [5.74, 6) is 0.683. The monoisotopic (exact) mass is 277 g/mol. The third-order valence-electron chi connectivity index (χ3n) is 3.09. The lowest BCUT2D eigenvalue weighted by atomic mass is 10.2. The Kier molecular flexibility index (Phi) is 5.49. The van der Waals surface area contributed by atoms with Crippen molar-refractivity contribution in [3.63, 3.8) is 0 Å². The summed E-state index contributed by atoms with van der Waals surface area (Å²) in [4.78, 5) is 21.5. The molecule has 1 saturated heterocycles. The Morgan fingerprint density at radius 1 is 1.40 bits per heavy atom. The largest absolute Gasteiger partial charge is 0.448 e. The van der Waals surface area contributed by atoms with Crippen molar-refractivity contribution < 1.29 is 14.3 Å². The highest BCUT2D eigenvalue weighted by Gasteiger charge is 2.13. The van der Waals surface area contributed by atoms with Crippen molar-refractivity contribution in [3.05, 3.63) is 30.1 Å². The normalized spacial score (nSPS) is 16.1. The number of carbonyl (C=O) groups is 1. The SMILES string of the molecule is CC(=NC(=O)OCCc1ccncc1)N1CCOCC1. The van der Waals surface area contributed by atoms with Crippen molar-refractivity contribution in [3.8, 4) is 0 Å². The molecule has 108 valence electrons. The summed E-state index contributed by atoms with van der Waals surface area (Å²) in [5, 5.41) is 0. The maximum Gasteiger partial charge on any atom is 0.435 e. The summed E-state index contributed by atoms with van der Waals surface area (Å²) in [7, 11) is 0. The zero-order valence-corrected chi connectivity index (χ0v) is 11.6. The zero-order chi connectivity index (χ0) is 14.2. The average molecular weight is 277 g/mol. The van der Waals surface area contributed by atoms with Gasteiger partial charge in [0.25, 0.3) is 0 Å². The van der Waals surface area contributed by atoms with Crippen LogP contribution < -0.4 is 0 Å². The molecule has 1 aromatic rings. The zero-order valence-electron chi connectivity index (χ0n) is 11.6. The van der Waals surface area contributed by atoms with E-state index in [1.165, 1.54) is 0 Å². The first-order valence-corrected chi connectivity index (χ1v) is 6.69. The van der Waals surface area contributed by atoms with Crippen molar-refractivity contribution >= 4 is 11.9 Å². The van der Waals surface area contributed by atoms with Gasteiger partial charge >= 0.3 is 6.09 Å². The topological polar surface area (TPSA) is 64.0 Å². The predicted molar refractivity (Wildman–Crippen MR) is 74.8 cm³/mol. The number of morpholine rings is 1. The summed E-state index contributed by atoms with van der Waals surface area (Å²) in [6.07, 6.45) is 3.57. The van der Waals surface area contributed by atoms with Crippen LogP contribution in [0.5, 0.6) is 0 Å². The summed E-state index contributed by atoms with van der Waals surface area (Å²) in [6.45, 7) is 5.01. The lowest BCUT2D eigenvalue weighted by Gasteiger charge is -2.27. The van der Waals surface area contributed by atoms with Crippen molar-refractivity contribution in [2.45, 2.75) is 13.3 Å². The molecule has 2 rings (SSSR count). The molecule has 1 aliphatic rings. The van der Waals surface area contributed by atoms with E-state index in [0.29, 0.717) is 32.1 Å². The highest BCUT2D eigenvalue weighted by molar-refractivity contribution is 5.90. The van der Waals surface area contributed by atoms with Gasteiger partial charge in [-0.1, -0.05) is 0 Å². The first-order valence-electron chi connectivity index (χ1n) is 6.69. The van der Waals surface area contributed by atoms with Gasteiger partial charge in [0.1, 0.15) is 5.84 Å². The van der Waals surface area contributed by atoms with Crippen molar-refractivity contribution in [1.82, 2.24) is 9.88 Å². The molecular formula is C14H19N3O3. The maximum atomic E-state index is 11.6. The second kappa shape index (κ2) is 7.59. The van der Waals surface area contributed by atoms with E-state index in [2.05, 4.69) is 9.98 Å². The number of ether oxygens (including phenoxy) is 2. The molecule has 0 aromatic carbocycles.